The number of anilines is 1. The van der Waals surface area contributed by atoms with E-state index in [1.54, 1.807) is 6.33 Å². The van der Waals surface area contributed by atoms with Crippen molar-refractivity contribution in [2.45, 2.75) is 13.5 Å². The molecule has 2 heterocycles. The maximum atomic E-state index is 12.3. The van der Waals surface area contributed by atoms with Crippen molar-refractivity contribution in [3.63, 3.8) is 0 Å². The summed E-state index contributed by atoms with van der Waals surface area (Å²) in [6.07, 6.45) is 3.54. The first-order chi connectivity index (χ1) is 10.7. The number of urea groups is 1. The van der Waals surface area contributed by atoms with Gasteiger partial charge in [-0.1, -0.05) is 12.1 Å². The van der Waals surface area contributed by atoms with Gasteiger partial charge < -0.3 is 15.2 Å². The molecule has 0 spiro atoms. The molecule has 0 bridgehead atoms. The number of carbonyl (C=O) groups is 1. The zero-order valence-corrected chi connectivity index (χ0v) is 12.7. The Hall–Kier alpha value is -2.34. The number of aryl methyl sites for hydroxylation is 1. The fourth-order valence-corrected chi connectivity index (χ4v) is 2.65. The van der Waals surface area contributed by atoms with Gasteiger partial charge in [0.05, 0.1) is 6.33 Å². The number of aromatic nitrogens is 2. The summed E-state index contributed by atoms with van der Waals surface area (Å²) in [7, 11) is 0. The monoisotopic (exact) mass is 299 g/mol. The van der Waals surface area contributed by atoms with Crippen molar-refractivity contribution in [1.29, 1.82) is 0 Å². The molecule has 116 valence electrons. The third-order valence-corrected chi connectivity index (χ3v) is 3.88. The number of amides is 2. The molecule has 1 saturated heterocycles. The fraction of sp³-hybridized carbons (Fsp3) is 0.375. The second kappa shape index (κ2) is 6.62. The Morgan fingerprint density at radius 2 is 2.14 bits per heavy atom. The van der Waals surface area contributed by atoms with Gasteiger partial charge in [0.25, 0.3) is 0 Å². The quantitative estimate of drug-likeness (QED) is 0.912. The van der Waals surface area contributed by atoms with Gasteiger partial charge in [-0.05, 0) is 24.6 Å². The average Bonchev–Trinajstić information content (AvgIpc) is 3.01. The molecule has 0 saturated carbocycles. The number of nitrogens with zero attached hydrogens (tertiary/aromatic N) is 3. The van der Waals surface area contributed by atoms with E-state index in [1.165, 1.54) is 0 Å². The Kier molecular flexibility index (Phi) is 4.39. The van der Waals surface area contributed by atoms with E-state index < -0.39 is 0 Å². The van der Waals surface area contributed by atoms with Crippen LogP contribution in [0.15, 0.2) is 36.8 Å². The highest BCUT2D eigenvalue weighted by Gasteiger charge is 2.21. The lowest BCUT2D eigenvalue weighted by Crippen LogP contribution is -2.49. The van der Waals surface area contributed by atoms with Crippen molar-refractivity contribution < 1.29 is 4.79 Å². The van der Waals surface area contributed by atoms with Crippen molar-refractivity contribution in [2.75, 3.05) is 31.5 Å². The Bertz CT molecular complexity index is 617. The minimum absolute atomic E-state index is 0.0215. The predicted molar refractivity (Wildman–Crippen MR) is 85.6 cm³/mol. The van der Waals surface area contributed by atoms with Gasteiger partial charge in [-0.2, -0.15) is 0 Å². The first-order valence-corrected chi connectivity index (χ1v) is 7.53. The molecule has 0 aliphatic carbocycles. The number of imidazole rings is 1. The molecule has 2 N–H and O–H groups in total. The Balaban J connectivity index is 1.49. The zero-order chi connectivity index (χ0) is 15.4. The Morgan fingerprint density at radius 1 is 1.32 bits per heavy atom. The summed E-state index contributed by atoms with van der Waals surface area (Å²) >= 11 is 0. The van der Waals surface area contributed by atoms with Gasteiger partial charge in [-0.15, -0.1) is 0 Å². The highest BCUT2D eigenvalue weighted by molar-refractivity contribution is 5.89. The maximum absolute atomic E-state index is 12.3. The van der Waals surface area contributed by atoms with E-state index in [0.717, 1.165) is 49.7 Å². The smallest absolute Gasteiger partial charge is 0.321 e. The third kappa shape index (κ3) is 3.65. The van der Waals surface area contributed by atoms with Crippen LogP contribution >= 0.6 is 0 Å². The number of nitrogens with one attached hydrogen (secondary N) is 2. The lowest BCUT2D eigenvalue weighted by atomic mass is 10.2. The molecule has 22 heavy (non-hydrogen) atoms. The van der Waals surface area contributed by atoms with Gasteiger partial charge in [-0.25, -0.2) is 9.78 Å². The number of aromatic amines is 1. The van der Waals surface area contributed by atoms with Crippen LogP contribution in [0.25, 0.3) is 0 Å². The van der Waals surface area contributed by atoms with Crippen molar-refractivity contribution in [3.05, 3.63) is 48.0 Å². The Morgan fingerprint density at radius 3 is 2.82 bits per heavy atom. The van der Waals surface area contributed by atoms with Gasteiger partial charge in [-0.3, -0.25) is 4.90 Å². The Labute approximate surface area is 130 Å². The lowest BCUT2D eigenvalue weighted by molar-refractivity contribution is 0.142. The van der Waals surface area contributed by atoms with E-state index in [4.69, 9.17) is 0 Å². The summed E-state index contributed by atoms with van der Waals surface area (Å²) in [5.74, 6) is 0. The van der Waals surface area contributed by atoms with E-state index in [9.17, 15) is 4.79 Å². The molecule has 1 fully saturated rings. The molecule has 1 aromatic carbocycles. The minimum atomic E-state index is -0.0215. The average molecular weight is 299 g/mol. The zero-order valence-electron chi connectivity index (χ0n) is 12.7. The molecular weight excluding hydrogens is 278 g/mol. The van der Waals surface area contributed by atoms with Crippen molar-refractivity contribution in [1.82, 2.24) is 19.8 Å². The van der Waals surface area contributed by atoms with E-state index in [0.29, 0.717) is 0 Å². The van der Waals surface area contributed by atoms with Gasteiger partial charge in [0.1, 0.15) is 0 Å². The standard InChI is InChI=1S/C16H21N5O/c1-13-3-2-4-14(9-13)19-16(22)21-7-5-20(6-8-21)11-15-10-17-12-18-15/h2-4,9-10,12H,5-8,11H2,1H3,(H,17,18)(H,19,22). The van der Waals surface area contributed by atoms with Crippen LogP contribution in [0.4, 0.5) is 10.5 Å². The first-order valence-electron chi connectivity index (χ1n) is 7.53. The van der Waals surface area contributed by atoms with Gasteiger partial charge in [0.2, 0.25) is 0 Å². The number of H-pyrrole nitrogens is 1. The summed E-state index contributed by atoms with van der Waals surface area (Å²) in [5, 5.41) is 2.97. The minimum Gasteiger partial charge on any atom is -0.347 e. The summed E-state index contributed by atoms with van der Waals surface area (Å²) in [6.45, 7) is 6.11. The van der Waals surface area contributed by atoms with Crippen molar-refractivity contribution in [3.8, 4) is 0 Å². The highest BCUT2D eigenvalue weighted by Crippen LogP contribution is 2.12. The second-order valence-corrected chi connectivity index (χ2v) is 5.64. The number of benzene rings is 1. The van der Waals surface area contributed by atoms with E-state index in [-0.39, 0.29) is 6.03 Å². The van der Waals surface area contributed by atoms with Gasteiger partial charge in [0, 0.05) is 50.3 Å². The SMILES string of the molecule is Cc1cccc(NC(=O)N2CCN(Cc3cnc[nH]3)CC2)c1. The van der Waals surface area contributed by atoms with Crippen LogP contribution < -0.4 is 5.32 Å². The summed E-state index contributed by atoms with van der Waals surface area (Å²) in [4.78, 5) is 23.6. The molecule has 6 heteroatoms. The van der Waals surface area contributed by atoms with Crippen LogP contribution in [0.3, 0.4) is 0 Å². The molecule has 1 aliphatic rings. The van der Waals surface area contributed by atoms with Gasteiger partial charge >= 0.3 is 6.03 Å². The number of hydrogen-bond donors (Lipinski definition) is 2. The topological polar surface area (TPSA) is 64.3 Å². The summed E-state index contributed by atoms with van der Waals surface area (Å²) < 4.78 is 0. The summed E-state index contributed by atoms with van der Waals surface area (Å²) in [6, 6.07) is 7.84. The third-order valence-electron chi connectivity index (χ3n) is 3.88. The molecule has 0 atom stereocenters. The molecule has 0 unspecified atom stereocenters. The summed E-state index contributed by atoms with van der Waals surface area (Å²) in [5.41, 5.74) is 3.10. The van der Waals surface area contributed by atoms with Crippen LogP contribution in [0.1, 0.15) is 11.3 Å². The molecule has 1 aromatic heterocycles. The lowest BCUT2D eigenvalue weighted by Gasteiger charge is -2.34. The molecule has 1 aliphatic heterocycles. The van der Waals surface area contributed by atoms with Gasteiger partial charge in [0.15, 0.2) is 0 Å². The van der Waals surface area contributed by atoms with Crippen molar-refractivity contribution in [2.24, 2.45) is 0 Å². The number of hydrogen-bond acceptors (Lipinski definition) is 3. The van der Waals surface area contributed by atoms with E-state index in [1.807, 2.05) is 42.3 Å². The van der Waals surface area contributed by atoms with E-state index >= 15 is 0 Å². The van der Waals surface area contributed by atoms with Crippen molar-refractivity contribution >= 4 is 11.7 Å². The van der Waals surface area contributed by atoms with Crippen LogP contribution in [0, 0.1) is 6.92 Å². The maximum Gasteiger partial charge on any atom is 0.321 e. The van der Waals surface area contributed by atoms with Crippen LogP contribution in [-0.2, 0) is 6.54 Å². The molecule has 6 nitrogen and oxygen atoms in total. The van der Waals surface area contributed by atoms with E-state index in [2.05, 4.69) is 20.2 Å². The van der Waals surface area contributed by atoms with Crippen LogP contribution in [0.2, 0.25) is 0 Å². The number of rotatable bonds is 3. The number of piperazine rings is 1. The first kappa shape index (κ1) is 14.6. The molecule has 3 rings (SSSR count). The highest BCUT2D eigenvalue weighted by atomic mass is 16.2. The molecule has 2 aromatic rings. The molecule has 0 radical (unpaired) electrons. The predicted octanol–water partition coefficient (Wildman–Crippen LogP) is 2.07. The largest absolute Gasteiger partial charge is 0.347 e. The van der Waals surface area contributed by atoms with Crippen LogP contribution in [-0.4, -0.2) is 52.0 Å². The van der Waals surface area contributed by atoms with Crippen LogP contribution in [0.5, 0.6) is 0 Å². The second-order valence-electron chi connectivity index (χ2n) is 5.64. The molecule has 2 amide bonds. The fourth-order valence-electron chi connectivity index (χ4n) is 2.65. The normalized spacial score (nSPS) is 15.8. The molecular formula is C16H21N5O. The number of carbonyl (C=O) groups excluding carboxylic acids is 1.